The zero-order valence-electron chi connectivity index (χ0n) is 27.4. The standard InChI is InChI=1S/C47H28N2OS/c1-3-13-29(14-4-1)32-26-39(30-15-5-2-6-16-30)48-44(27-32)49-40-20-10-7-19-35(40)45-46(49)36(28-38-33-17-8-11-21-41(33)50-47(38)45)31-23-24-43-37(25-31)34-18-9-12-22-42(34)51-43/h1-28H. The summed E-state index contributed by atoms with van der Waals surface area (Å²) in [7, 11) is 0. The molecule has 11 rings (SSSR count). The van der Waals surface area contributed by atoms with Gasteiger partial charge in [0.25, 0.3) is 0 Å². The molecule has 0 radical (unpaired) electrons. The third-order valence-corrected chi connectivity index (χ3v) is 11.3. The van der Waals surface area contributed by atoms with Gasteiger partial charge in [0.05, 0.1) is 22.1 Å². The Morgan fingerprint density at radius 3 is 2.00 bits per heavy atom. The number of furan rings is 1. The van der Waals surface area contributed by atoms with Crippen molar-refractivity contribution < 1.29 is 4.42 Å². The molecule has 0 amide bonds. The zero-order valence-corrected chi connectivity index (χ0v) is 28.2. The van der Waals surface area contributed by atoms with E-state index in [1.807, 2.05) is 17.4 Å². The average molecular weight is 669 g/mol. The maximum Gasteiger partial charge on any atom is 0.145 e. The van der Waals surface area contributed by atoms with Crippen LogP contribution in [0.2, 0.25) is 0 Å². The van der Waals surface area contributed by atoms with Crippen molar-refractivity contribution in [3.8, 4) is 39.3 Å². The number of thiophene rings is 1. The predicted octanol–water partition coefficient (Wildman–Crippen LogP) is 13.4. The van der Waals surface area contributed by atoms with Crippen LogP contribution in [-0.2, 0) is 0 Å². The van der Waals surface area contributed by atoms with Crippen molar-refractivity contribution in [2.24, 2.45) is 0 Å². The Labute approximate surface area is 297 Å². The van der Waals surface area contributed by atoms with Crippen LogP contribution in [-0.4, -0.2) is 9.55 Å². The molecule has 238 valence electrons. The van der Waals surface area contributed by atoms with Crippen LogP contribution in [0, 0.1) is 0 Å². The van der Waals surface area contributed by atoms with E-state index in [1.54, 1.807) is 0 Å². The maximum atomic E-state index is 6.78. The van der Waals surface area contributed by atoms with Crippen molar-refractivity contribution in [2.75, 3.05) is 0 Å². The highest BCUT2D eigenvalue weighted by Crippen LogP contribution is 2.46. The van der Waals surface area contributed by atoms with Crippen LogP contribution in [0.4, 0.5) is 0 Å². The topological polar surface area (TPSA) is 31.0 Å². The molecular formula is C47H28N2OS. The Balaban J connectivity index is 1.31. The summed E-state index contributed by atoms with van der Waals surface area (Å²) in [5.74, 6) is 0.861. The molecule has 0 saturated carbocycles. The summed E-state index contributed by atoms with van der Waals surface area (Å²) < 4.78 is 11.7. The lowest BCUT2D eigenvalue weighted by molar-refractivity contribution is 0.673. The molecule has 4 aromatic heterocycles. The van der Waals surface area contributed by atoms with E-state index in [0.29, 0.717) is 0 Å². The van der Waals surface area contributed by atoms with Gasteiger partial charge in [-0.1, -0.05) is 121 Å². The van der Waals surface area contributed by atoms with Gasteiger partial charge in [-0.15, -0.1) is 11.3 Å². The molecule has 0 saturated heterocycles. The summed E-state index contributed by atoms with van der Waals surface area (Å²) in [6.07, 6.45) is 0. The van der Waals surface area contributed by atoms with E-state index in [0.717, 1.165) is 83.1 Å². The second-order valence-corrected chi connectivity index (χ2v) is 14.2. The van der Waals surface area contributed by atoms with Gasteiger partial charge >= 0.3 is 0 Å². The Kier molecular flexibility index (Phi) is 6.12. The van der Waals surface area contributed by atoms with E-state index < -0.39 is 0 Å². The summed E-state index contributed by atoms with van der Waals surface area (Å²) in [5.41, 5.74) is 10.5. The summed E-state index contributed by atoms with van der Waals surface area (Å²) in [4.78, 5) is 5.45. The van der Waals surface area contributed by atoms with Crippen molar-refractivity contribution in [1.82, 2.24) is 9.55 Å². The van der Waals surface area contributed by atoms with Crippen molar-refractivity contribution >= 4 is 75.3 Å². The molecule has 4 heterocycles. The van der Waals surface area contributed by atoms with Gasteiger partial charge in [-0.25, -0.2) is 4.98 Å². The normalized spacial score (nSPS) is 11.9. The van der Waals surface area contributed by atoms with Crippen molar-refractivity contribution in [1.29, 1.82) is 0 Å². The number of nitrogens with zero attached hydrogens (tertiary/aromatic N) is 2. The summed E-state index contributed by atoms with van der Waals surface area (Å²) >= 11 is 1.85. The number of para-hydroxylation sites is 2. The van der Waals surface area contributed by atoms with Crippen LogP contribution in [0.5, 0.6) is 0 Å². The van der Waals surface area contributed by atoms with Crippen molar-refractivity contribution in [2.45, 2.75) is 0 Å². The van der Waals surface area contributed by atoms with Crippen LogP contribution in [0.15, 0.2) is 174 Å². The fourth-order valence-corrected chi connectivity index (χ4v) is 8.95. The smallest absolute Gasteiger partial charge is 0.145 e. The van der Waals surface area contributed by atoms with Crippen LogP contribution in [0.3, 0.4) is 0 Å². The minimum absolute atomic E-state index is 0.861. The molecule has 4 heteroatoms. The number of fused-ring (bicyclic) bond motifs is 10. The van der Waals surface area contributed by atoms with Crippen LogP contribution < -0.4 is 0 Å². The van der Waals surface area contributed by atoms with Gasteiger partial charge in [0.2, 0.25) is 0 Å². The molecule has 11 aromatic rings. The molecule has 0 fully saturated rings. The summed E-state index contributed by atoms with van der Waals surface area (Å²) in [5, 5.41) is 7.02. The molecule has 51 heavy (non-hydrogen) atoms. The third-order valence-electron chi connectivity index (χ3n) is 10.2. The average Bonchev–Trinajstić information content (AvgIpc) is 3.87. The largest absolute Gasteiger partial charge is 0.455 e. The summed E-state index contributed by atoms with van der Waals surface area (Å²) in [6.45, 7) is 0. The number of hydrogen-bond acceptors (Lipinski definition) is 3. The first-order valence-corrected chi connectivity index (χ1v) is 18.0. The van der Waals surface area contributed by atoms with E-state index in [2.05, 4.69) is 168 Å². The van der Waals surface area contributed by atoms with Gasteiger partial charge in [0.1, 0.15) is 17.0 Å². The Morgan fingerprint density at radius 2 is 1.16 bits per heavy atom. The molecule has 0 bridgehead atoms. The van der Waals surface area contributed by atoms with Gasteiger partial charge < -0.3 is 4.42 Å². The van der Waals surface area contributed by atoms with Gasteiger partial charge in [-0.05, 0) is 65.2 Å². The number of aromatic nitrogens is 2. The number of hydrogen-bond donors (Lipinski definition) is 0. The van der Waals surface area contributed by atoms with Gasteiger partial charge in [-0.2, -0.15) is 0 Å². The number of pyridine rings is 1. The van der Waals surface area contributed by atoms with Crippen LogP contribution in [0.1, 0.15) is 0 Å². The summed E-state index contributed by atoms with van der Waals surface area (Å²) in [6, 6.07) is 60.6. The molecular weight excluding hydrogens is 641 g/mol. The van der Waals surface area contributed by atoms with Gasteiger partial charge in [0, 0.05) is 47.5 Å². The van der Waals surface area contributed by atoms with Crippen molar-refractivity contribution in [3.05, 3.63) is 170 Å². The minimum Gasteiger partial charge on any atom is -0.455 e. The molecule has 0 aliphatic rings. The molecule has 0 aliphatic heterocycles. The first kappa shape index (κ1) is 28.4. The predicted molar refractivity (Wildman–Crippen MR) is 215 cm³/mol. The lowest BCUT2D eigenvalue weighted by Crippen LogP contribution is -2.01. The second-order valence-electron chi connectivity index (χ2n) is 13.1. The molecule has 0 aliphatic carbocycles. The highest BCUT2D eigenvalue weighted by Gasteiger charge is 2.24. The lowest BCUT2D eigenvalue weighted by Gasteiger charge is -2.15. The first-order chi connectivity index (χ1) is 25.3. The van der Waals surface area contributed by atoms with Gasteiger partial charge in [0.15, 0.2) is 0 Å². The Morgan fingerprint density at radius 1 is 0.471 bits per heavy atom. The zero-order chi connectivity index (χ0) is 33.5. The SMILES string of the molecule is c1ccc(-c2cc(-c3ccccc3)nc(-n3c4ccccc4c4c5oc6ccccc6c5cc(-c5ccc6sc7ccccc7c6c5)c43)c2)cc1. The monoisotopic (exact) mass is 668 g/mol. The first-order valence-electron chi connectivity index (χ1n) is 17.2. The Bertz CT molecular complexity index is 3070. The minimum atomic E-state index is 0.861. The van der Waals surface area contributed by atoms with E-state index in [1.165, 1.54) is 20.2 Å². The molecule has 0 spiro atoms. The van der Waals surface area contributed by atoms with E-state index in [4.69, 9.17) is 9.40 Å². The van der Waals surface area contributed by atoms with Gasteiger partial charge in [-0.3, -0.25) is 4.57 Å². The third kappa shape index (κ3) is 4.33. The highest BCUT2D eigenvalue weighted by atomic mass is 32.1. The quantitative estimate of drug-likeness (QED) is 0.187. The fraction of sp³-hybridized carbons (Fsp3) is 0. The molecule has 7 aromatic carbocycles. The molecule has 0 N–H and O–H groups in total. The molecule has 3 nitrogen and oxygen atoms in total. The Hall–Kier alpha value is -6.49. The van der Waals surface area contributed by atoms with E-state index >= 15 is 0 Å². The van der Waals surface area contributed by atoms with E-state index in [-0.39, 0.29) is 0 Å². The van der Waals surface area contributed by atoms with E-state index in [9.17, 15) is 0 Å². The second kappa shape index (κ2) is 11.0. The fourth-order valence-electron chi connectivity index (χ4n) is 7.87. The molecule has 0 unspecified atom stereocenters. The van der Waals surface area contributed by atoms with Crippen LogP contribution >= 0.6 is 11.3 Å². The number of benzene rings is 7. The lowest BCUT2D eigenvalue weighted by atomic mass is 9.97. The van der Waals surface area contributed by atoms with Crippen LogP contribution in [0.25, 0.3) is 103 Å². The number of rotatable bonds is 4. The molecule has 0 atom stereocenters. The highest BCUT2D eigenvalue weighted by molar-refractivity contribution is 7.25. The maximum absolute atomic E-state index is 6.78. The van der Waals surface area contributed by atoms with Crippen molar-refractivity contribution in [3.63, 3.8) is 0 Å².